The quantitative estimate of drug-likeness (QED) is 0.645. The van der Waals surface area contributed by atoms with Gasteiger partial charge in [0.1, 0.15) is 11.6 Å². The van der Waals surface area contributed by atoms with Gasteiger partial charge in [-0.05, 0) is 19.8 Å². The summed E-state index contributed by atoms with van der Waals surface area (Å²) >= 11 is 0. The maximum atomic E-state index is 10.9. The Morgan fingerprint density at radius 1 is 1.26 bits per heavy atom. The monoisotopic (exact) mass is 264 g/mol. The van der Waals surface area contributed by atoms with Gasteiger partial charge in [0.15, 0.2) is 0 Å². The van der Waals surface area contributed by atoms with Crippen LogP contribution in [0.5, 0.6) is 0 Å². The van der Waals surface area contributed by atoms with Crippen LogP contribution in [0, 0.1) is 10.1 Å². The SMILES string of the molecule is CNc1cc([N+](=O)[O-])cc(NC2(C)CCCCC2)n1. The summed E-state index contributed by atoms with van der Waals surface area (Å²) in [6, 6.07) is 2.94. The van der Waals surface area contributed by atoms with Crippen LogP contribution < -0.4 is 10.6 Å². The fourth-order valence-electron chi connectivity index (χ4n) is 2.58. The highest BCUT2D eigenvalue weighted by atomic mass is 16.6. The van der Waals surface area contributed by atoms with Gasteiger partial charge < -0.3 is 10.6 Å². The highest BCUT2D eigenvalue weighted by molar-refractivity contribution is 5.55. The lowest BCUT2D eigenvalue weighted by atomic mass is 9.83. The predicted octanol–water partition coefficient (Wildman–Crippen LogP) is 3.17. The van der Waals surface area contributed by atoms with Gasteiger partial charge in [-0.1, -0.05) is 19.3 Å². The highest BCUT2D eigenvalue weighted by Crippen LogP contribution is 2.32. The normalized spacial score (nSPS) is 17.8. The molecule has 1 aromatic rings. The van der Waals surface area contributed by atoms with Crippen molar-refractivity contribution in [3.8, 4) is 0 Å². The molecule has 104 valence electrons. The molecule has 6 nitrogen and oxygen atoms in total. The first kappa shape index (κ1) is 13.6. The average Bonchev–Trinajstić information content (AvgIpc) is 2.38. The Labute approximate surface area is 112 Å². The summed E-state index contributed by atoms with van der Waals surface area (Å²) in [5.41, 5.74) is 0.0483. The Kier molecular flexibility index (Phi) is 3.87. The smallest absolute Gasteiger partial charge is 0.276 e. The molecule has 1 saturated carbocycles. The maximum absolute atomic E-state index is 10.9. The Morgan fingerprint density at radius 2 is 1.89 bits per heavy atom. The van der Waals surface area contributed by atoms with E-state index in [1.54, 1.807) is 7.05 Å². The number of hydrogen-bond acceptors (Lipinski definition) is 5. The van der Waals surface area contributed by atoms with E-state index in [0.29, 0.717) is 11.6 Å². The molecule has 6 heteroatoms. The Hall–Kier alpha value is -1.85. The van der Waals surface area contributed by atoms with Gasteiger partial charge in [-0.15, -0.1) is 0 Å². The lowest BCUT2D eigenvalue weighted by Crippen LogP contribution is -2.37. The van der Waals surface area contributed by atoms with Crippen LogP contribution >= 0.6 is 0 Å². The molecule has 1 aliphatic carbocycles. The Bertz CT molecular complexity index is 470. The summed E-state index contributed by atoms with van der Waals surface area (Å²) in [5.74, 6) is 1.08. The van der Waals surface area contributed by atoms with Gasteiger partial charge in [0, 0.05) is 12.6 Å². The van der Waals surface area contributed by atoms with Crippen molar-refractivity contribution in [3.05, 3.63) is 22.2 Å². The van der Waals surface area contributed by atoms with Gasteiger partial charge in [0.25, 0.3) is 5.69 Å². The second-order valence-corrected chi connectivity index (χ2v) is 5.35. The van der Waals surface area contributed by atoms with E-state index in [2.05, 4.69) is 22.5 Å². The van der Waals surface area contributed by atoms with Crippen LogP contribution in [-0.4, -0.2) is 22.5 Å². The molecule has 2 rings (SSSR count). The number of hydrogen-bond donors (Lipinski definition) is 2. The first-order valence-corrected chi connectivity index (χ1v) is 6.65. The number of nitro groups is 1. The molecule has 1 fully saturated rings. The van der Waals surface area contributed by atoms with Crippen LogP contribution in [0.3, 0.4) is 0 Å². The van der Waals surface area contributed by atoms with E-state index >= 15 is 0 Å². The lowest BCUT2D eigenvalue weighted by Gasteiger charge is -2.35. The molecule has 1 heterocycles. The van der Waals surface area contributed by atoms with Crippen molar-refractivity contribution < 1.29 is 4.92 Å². The van der Waals surface area contributed by atoms with E-state index in [1.807, 2.05) is 0 Å². The van der Waals surface area contributed by atoms with Crippen LogP contribution in [0.25, 0.3) is 0 Å². The minimum Gasteiger partial charge on any atom is -0.373 e. The second-order valence-electron chi connectivity index (χ2n) is 5.35. The molecule has 0 spiro atoms. The minimum atomic E-state index is -0.392. The maximum Gasteiger partial charge on any atom is 0.276 e. The second kappa shape index (κ2) is 5.42. The predicted molar refractivity (Wildman–Crippen MR) is 75.6 cm³/mol. The molecule has 0 atom stereocenters. The zero-order chi connectivity index (χ0) is 13.9. The van der Waals surface area contributed by atoms with Gasteiger partial charge in [0.05, 0.1) is 17.1 Å². The third kappa shape index (κ3) is 3.33. The molecule has 0 aliphatic heterocycles. The van der Waals surface area contributed by atoms with Gasteiger partial charge in [-0.25, -0.2) is 4.98 Å². The molecule has 0 saturated heterocycles. The first-order valence-electron chi connectivity index (χ1n) is 6.65. The van der Waals surface area contributed by atoms with Crippen molar-refractivity contribution in [1.82, 2.24) is 4.98 Å². The Morgan fingerprint density at radius 3 is 2.47 bits per heavy atom. The van der Waals surface area contributed by atoms with E-state index in [-0.39, 0.29) is 11.2 Å². The third-order valence-corrected chi connectivity index (χ3v) is 3.66. The molecule has 1 aromatic heterocycles. The molecule has 1 aliphatic rings. The van der Waals surface area contributed by atoms with Gasteiger partial charge >= 0.3 is 0 Å². The van der Waals surface area contributed by atoms with Crippen LogP contribution in [0.4, 0.5) is 17.3 Å². The summed E-state index contributed by atoms with van der Waals surface area (Å²) in [7, 11) is 1.71. The number of aromatic nitrogens is 1. The van der Waals surface area contributed by atoms with Crippen LogP contribution in [0.2, 0.25) is 0 Å². The van der Waals surface area contributed by atoms with E-state index in [9.17, 15) is 10.1 Å². The molecule has 2 N–H and O–H groups in total. The minimum absolute atomic E-state index is 0.00845. The standard InChI is InChI=1S/C13H20N4O2/c1-13(6-4-3-5-7-13)16-12-9-10(17(18)19)8-11(14-2)15-12/h8-9H,3-7H2,1-2H3,(H2,14,15,16). The Balaban J connectivity index is 2.23. The number of nitrogens with zero attached hydrogens (tertiary/aromatic N) is 2. The van der Waals surface area contributed by atoms with E-state index < -0.39 is 4.92 Å². The number of pyridine rings is 1. The zero-order valence-electron chi connectivity index (χ0n) is 11.4. The van der Waals surface area contributed by atoms with Crippen molar-refractivity contribution in [3.63, 3.8) is 0 Å². The number of anilines is 2. The zero-order valence-corrected chi connectivity index (χ0v) is 11.4. The molecule has 0 aromatic carbocycles. The highest BCUT2D eigenvalue weighted by Gasteiger charge is 2.27. The largest absolute Gasteiger partial charge is 0.373 e. The molecule has 19 heavy (non-hydrogen) atoms. The van der Waals surface area contributed by atoms with Crippen molar-refractivity contribution in [2.75, 3.05) is 17.7 Å². The van der Waals surface area contributed by atoms with Crippen LogP contribution in [0.15, 0.2) is 12.1 Å². The van der Waals surface area contributed by atoms with Gasteiger partial charge in [0.2, 0.25) is 0 Å². The molecular formula is C13H20N4O2. The van der Waals surface area contributed by atoms with Crippen LogP contribution in [-0.2, 0) is 0 Å². The van der Waals surface area contributed by atoms with Crippen molar-refractivity contribution in [1.29, 1.82) is 0 Å². The summed E-state index contributed by atoms with van der Waals surface area (Å²) in [4.78, 5) is 14.9. The third-order valence-electron chi connectivity index (χ3n) is 3.66. The van der Waals surface area contributed by atoms with Crippen molar-refractivity contribution in [2.45, 2.75) is 44.6 Å². The molecule has 0 amide bonds. The molecule has 0 bridgehead atoms. The molecular weight excluding hydrogens is 244 g/mol. The van der Waals surface area contributed by atoms with Gasteiger partial charge in [-0.3, -0.25) is 10.1 Å². The van der Waals surface area contributed by atoms with E-state index in [1.165, 1.54) is 31.4 Å². The molecule has 0 unspecified atom stereocenters. The topological polar surface area (TPSA) is 80.1 Å². The summed E-state index contributed by atoms with van der Waals surface area (Å²) in [5, 5.41) is 17.1. The lowest BCUT2D eigenvalue weighted by molar-refractivity contribution is -0.384. The van der Waals surface area contributed by atoms with E-state index in [4.69, 9.17) is 0 Å². The van der Waals surface area contributed by atoms with E-state index in [0.717, 1.165) is 12.8 Å². The summed E-state index contributed by atoms with van der Waals surface area (Å²) in [6.45, 7) is 2.16. The number of nitrogens with one attached hydrogen (secondary N) is 2. The average molecular weight is 264 g/mol. The number of rotatable bonds is 4. The molecule has 0 radical (unpaired) electrons. The van der Waals surface area contributed by atoms with Gasteiger partial charge in [-0.2, -0.15) is 0 Å². The summed E-state index contributed by atoms with van der Waals surface area (Å²) in [6.07, 6.45) is 5.80. The van der Waals surface area contributed by atoms with Crippen molar-refractivity contribution in [2.24, 2.45) is 0 Å². The fourth-order valence-corrected chi connectivity index (χ4v) is 2.58. The first-order chi connectivity index (χ1) is 9.02. The van der Waals surface area contributed by atoms with Crippen molar-refractivity contribution >= 4 is 17.3 Å². The van der Waals surface area contributed by atoms with Crippen LogP contribution in [0.1, 0.15) is 39.0 Å². The fraction of sp³-hybridized carbons (Fsp3) is 0.615. The summed E-state index contributed by atoms with van der Waals surface area (Å²) < 4.78 is 0.